The lowest BCUT2D eigenvalue weighted by Gasteiger charge is -2.12. The molecule has 4 nitrogen and oxygen atoms in total. The highest BCUT2D eigenvalue weighted by molar-refractivity contribution is 5.90. The van der Waals surface area contributed by atoms with Gasteiger partial charge >= 0.3 is 5.97 Å². The van der Waals surface area contributed by atoms with Gasteiger partial charge in [-0.3, -0.25) is 0 Å². The monoisotopic (exact) mass is 255 g/mol. The van der Waals surface area contributed by atoms with E-state index in [0.717, 1.165) is 32.1 Å². The summed E-state index contributed by atoms with van der Waals surface area (Å²) < 4.78 is 10.8. The highest BCUT2D eigenvalue weighted by Gasteiger charge is 2.28. The lowest BCUT2D eigenvalue weighted by Crippen LogP contribution is -2.20. The fourth-order valence-electron chi connectivity index (χ4n) is 1.93. The number of unbranched alkanes of at least 4 members (excludes halogenated alkanes) is 2. The quantitative estimate of drug-likeness (QED) is 0.535. The molecular formula is C14H25NO3. The third-order valence-corrected chi connectivity index (χ3v) is 3.15. The summed E-state index contributed by atoms with van der Waals surface area (Å²) in [6.07, 6.45) is 5.43. The van der Waals surface area contributed by atoms with Crippen molar-refractivity contribution in [2.45, 2.75) is 58.5 Å². The second kappa shape index (κ2) is 8.14. The predicted molar refractivity (Wildman–Crippen MR) is 71.0 cm³/mol. The molecule has 2 N–H and O–H groups in total. The Morgan fingerprint density at radius 3 is 2.61 bits per heavy atom. The van der Waals surface area contributed by atoms with E-state index >= 15 is 0 Å². The Balaban J connectivity index is 2.42. The molecule has 0 bridgehead atoms. The third-order valence-electron chi connectivity index (χ3n) is 3.15. The molecule has 0 fully saturated rings. The average Bonchev–Trinajstić information content (AvgIpc) is 2.72. The van der Waals surface area contributed by atoms with Crippen LogP contribution < -0.4 is 5.73 Å². The second-order valence-electron chi connectivity index (χ2n) is 4.68. The van der Waals surface area contributed by atoms with Gasteiger partial charge in [-0.25, -0.2) is 4.79 Å². The highest BCUT2D eigenvalue weighted by Crippen LogP contribution is 2.26. The molecule has 0 radical (unpaired) electrons. The van der Waals surface area contributed by atoms with Gasteiger partial charge in [0, 0.05) is 12.3 Å². The van der Waals surface area contributed by atoms with Crippen LogP contribution in [0.15, 0.2) is 11.3 Å². The zero-order valence-electron chi connectivity index (χ0n) is 11.5. The van der Waals surface area contributed by atoms with Crippen LogP contribution in [0.4, 0.5) is 0 Å². The summed E-state index contributed by atoms with van der Waals surface area (Å²) in [7, 11) is 0. The summed E-state index contributed by atoms with van der Waals surface area (Å²) >= 11 is 0. The number of hydrogen-bond donors (Lipinski definition) is 1. The molecule has 0 aromatic rings. The lowest BCUT2D eigenvalue weighted by atomic mass is 10.2. The minimum absolute atomic E-state index is 0.0923. The van der Waals surface area contributed by atoms with Crippen molar-refractivity contribution < 1.29 is 14.3 Å². The Labute approximate surface area is 110 Å². The summed E-state index contributed by atoms with van der Waals surface area (Å²) in [5.74, 6) is -0.262. The molecule has 1 aliphatic carbocycles. The van der Waals surface area contributed by atoms with Crippen LogP contribution in [-0.4, -0.2) is 25.3 Å². The van der Waals surface area contributed by atoms with E-state index in [9.17, 15) is 4.79 Å². The van der Waals surface area contributed by atoms with Crippen LogP contribution >= 0.6 is 0 Å². The summed E-state index contributed by atoms with van der Waals surface area (Å²) in [4.78, 5) is 11.8. The van der Waals surface area contributed by atoms with Crippen molar-refractivity contribution in [3.8, 4) is 0 Å². The Hall–Kier alpha value is -1.03. The van der Waals surface area contributed by atoms with E-state index in [2.05, 4.69) is 13.8 Å². The Bertz CT molecular complexity index is 299. The van der Waals surface area contributed by atoms with Crippen molar-refractivity contribution >= 4 is 5.97 Å². The summed E-state index contributed by atoms with van der Waals surface area (Å²) in [5, 5.41) is 0. The zero-order valence-corrected chi connectivity index (χ0v) is 11.5. The summed E-state index contributed by atoms with van der Waals surface area (Å²) in [6, 6.07) is 0. The van der Waals surface area contributed by atoms with Crippen LogP contribution in [0.5, 0.6) is 0 Å². The van der Waals surface area contributed by atoms with Crippen molar-refractivity contribution in [1.82, 2.24) is 0 Å². The molecule has 4 heteroatoms. The molecule has 0 spiro atoms. The van der Waals surface area contributed by atoms with Gasteiger partial charge < -0.3 is 15.2 Å². The van der Waals surface area contributed by atoms with Crippen molar-refractivity contribution in [3.63, 3.8) is 0 Å². The maximum atomic E-state index is 11.8. The third kappa shape index (κ3) is 4.33. The molecule has 1 rings (SSSR count). The predicted octanol–water partition coefficient (Wildman–Crippen LogP) is 2.52. The van der Waals surface area contributed by atoms with E-state index in [0.29, 0.717) is 30.9 Å². The number of rotatable bonds is 8. The smallest absolute Gasteiger partial charge is 0.335 e. The van der Waals surface area contributed by atoms with Crippen molar-refractivity contribution in [3.05, 3.63) is 11.3 Å². The van der Waals surface area contributed by atoms with Gasteiger partial charge in [0.2, 0.25) is 0 Å². The summed E-state index contributed by atoms with van der Waals surface area (Å²) in [5.41, 5.74) is 7.16. The van der Waals surface area contributed by atoms with Crippen LogP contribution in [0.2, 0.25) is 0 Å². The number of hydrogen-bond acceptors (Lipinski definition) is 4. The van der Waals surface area contributed by atoms with Crippen molar-refractivity contribution in [2.75, 3.05) is 13.2 Å². The molecule has 1 unspecified atom stereocenters. The molecular weight excluding hydrogens is 230 g/mol. The van der Waals surface area contributed by atoms with Gasteiger partial charge in [-0.05, 0) is 25.7 Å². The largest absolute Gasteiger partial charge is 0.462 e. The normalized spacial score (nSPS) is 19.3. The highest BCUT2D eigenvalue weighted by atomic mass is 16.5. The van der Waals surface area contributed by atoms with E-state index in [1.165, 1.54) is 0 Å². The molecule has 0 saturated heterocycles. The van der Waals surface area contributed by atoms with Crippen LogP contribution in [0.1, 0.15) is 52.4 Å². The van der Waals surface area contributed by atoms with Crippen LogP contribution in [0.3, 0.4) is 0 Å². The van der Waals surface area contributed by atoms with Gasteiger partial charge in [0.1, 0.15) is 0 Å². The standard InChI is InChI=1S/C14H25NO3/c1-3-5-9-17-12-8-7-11(13(12)15)14(16)18-10-6-4-2/h12H,3-10,15H2,1-2H3. The number of ether oxygens (including phenoxy) is 2. The molecule has 1 aliphatic rings. The van der Waals surface area contributed by atoms with Crippen LogP contribution in [-0.2, 0) is 14.3 Å². The fraction of sp³-hybridized carbons (Fsp3) is 0.786. The fourth-order valence-corrected chi connectivity index (χ4v) is 1.93. The number of nitrogens with two attached hydrogens (primary N) is 1. The Kier molecular flexibility index (Phi) is 6.80. The first-order valence-electron chi connectivity index (χ1n) is 6.97. The van der Waals surface area contributed by atoms with Crippen molar-refractivity contribution in [2.24, 2.45) is 5.73 Å². The lowest BCUT2D eigenvalue weighted by molar-refractivity contribution is -0.139. The number of carbonyl (C=O) groups is 1. The first-order chi connectivity index (χ1) is 8.70. The topological polar surface area (TPSA) is 61.5 Å². The van der Waals surface area contributed by atoms with E-state index in [4.69, 9.17) is 15.2 Å². The van der Waals surface area contributed by atoms with E-state index in [1.807, 2.05) is 0 Å². The number of carbonyl (C=O) groups excluding carboxylic acids is 1. The maximum Gasteiger partial charge on any atom is 0.335 e. The maximum absolute atomic E-state index is 11.8. The molecule has 18 heavy (non-hydrogen) atoms. The van der Waals surface area contributed by atoms with E-state index < -0.39 is 0 Å². The first kappa shape index (κ1) is 15.0. The van der Waals surface area contributed by atoms with Crippen LogP contribution in [0, 0.1) is 0 Å². The average molecular weight is 255 g/mol. The van der Waals surface area contributed by atoms with Crippen molar-refractivity contribution in [1.29, 1.82) is 0 Å². The van der Waals surface area contributed by atoms with Gasteiger partial charge in [-0.1, -0.05) is 26.7 Å². The number of esters is 1. The van der Waals surface area contributed by atoms with E-state index in [-0.39, 0.29) is 12.1 Å². The second-order valence-corrected chi connectivity index (χ2v) is 4.68. The van der Waals surface area contributed by atoms with Gasteiger partial charge in [0.05, 0.1) is 18.3 Å². The first-order valence-corrected chi connectivity index (χ1v) is 6.97. The van der Waals surface area contributed by atoms with Gasteiger partial charge in [-0.15, -0.1) is 0 Å². The van der Waals surface area contributed by atoms with Gasteiger partial charge in [-0.2, -0.15) is 0 Å². The minimum Gasteiger partial charge on any atom is -0.462 e. The summed E-state index contributed by atoms with van der Waals surface area (Å²) in [6.45, 7) is 5.37. The molecule has 0 heterocycles. The molecule has 104 valence electrons. The molecule has 0 aromatic carbocycles. The molecule has 0 aliphatic heterocycles. The van der Waals surface area contributed by atoms with Gasteiger partial charge in [0.25, 0.3) is 0 Å². The molecule has 0 amide bonds. The Morgan fingerprint density at radius 1 is 1.28 bits per heavy atom. The Morgan fingerprint density at radius 2 is 1.94 bits per heavy atom. The van der Waals surface area contributed by atoms with Crippen LogP contribution in [0.25, 0.3) is 0 Å². The SMILES string of the molecule is CCCCOC(=O)C1=C(N)C(OCCCC)CC1. The van der Waals surface area contributed by atoms with Gasteiger partial charge in [0.15, 0.2) is 0 Å². The molecule has 0 saturated carbocycles. The zero-order chi connectivity index (χ0) is 13.4. The minimum atomic E-state index is -0.262. The molecule has 1 atom stereocenters. The molecule has 0 aromatic heterocycles. The van der Waals surface area contributed by atoms with E-state index in [1.54, 1.807) is 0 Å².